The molecule has 0 aliphatic carbocycles. The Balaban J connectivity index is 8.19. The Morgan fingerprint density at radius 2 is 0.308 bits per heavy atom. The molecule has 0 spiro atoms. The van der Waals surface area contributed by atoms with Crippen molar-refractivity contribution in [2.24, 2.45) is 10.8 Å². The Morgan fingerprint density at radius 1 is 0.167 bits per heavy atom. The van der Waals surface area contributed by atoms with Gasteiger partial charge < -0.3 is 4.48 Å². The quantitative estimate of drug-likeness (QED) is 0.0421. The summed E-state index contributed by atoms with van der Waals surface area (Å²) < 4.78 is 1.21. The Bertz CT molecular complexity index is 1070. The first-order valence-corrected chi connectivity index (χ1v) is 38.0. The number of quaternary nitrogens is 1. The summed E-state index contributed by atoms with van der Waals surface area (Å²) in [6.45, 7) is 16.8. The van der Waals surface area contributed by atoms with Crippen LogP contribution < -0.4 is 0 Å². The molecule has 0 heterocycles. The van der Waals surface area contributed by atoms with Crippen molar-refractivity contribution in [3.8, 4) is 0 Å². The second-order valence-electron chi connectivity index (χ2n) is 28.3. The number of hydrogen-bond acceptors (Lipinski definition) is 0. The molecule has 0 unspecified atom stereocenters. The van der Waals surface area contributed by atoms with Crippen LogP contribution in [0.25, 0.3) is 0 Å². The van der Waals surface area contributed by atoms with E-state index in [2.05, 4.69) is 69.6 Å². The Labute approximate surface area is 498 Å². The van der Waals surface area contributed by atoms with Crippen LogP contribution in [0.5, 0.6) is 0 Å². The van der Waals surface area contributed by atoms with Crippen molar-refractivity contribution in [1.29, 1.82) is 0 Å². The second kappa shape index (κ2) is 57.4. The number of nitrogens with zero attached hydrogens (tertiary/aromatic N) is 1. The van der Waals surface area contributed by atoms with Crippen molar-refractivity contribution < 1.29 is 4.48 Å². The van der Waals surface area contributed by atoms with E-state index in [9.17, 15) is 0 Å². The van der Waals surface area contributed by atoms with E-state index < -0.39 is 0 Å². The molecule has 0 atom stereocenters. The predicted octanol–water partition coefficient (Wildman–Crippen LogP) is 28.5. The molecule has 0 saturated heterocycles. The summed E-state index contributed by atoms with van der Waals surface area (Å²) in [4.78, 5) is 0. The molecule has 0 bridgehead atoms. The molecule has 0 N–H and O–H groups in total. The van der Waals surface area contributed by atoms with Gasteiger partial charge in [0.25, 0.3) is 0 Å². The number of unbranched alkanes of at least 4 members (excludes halogenated alkanes) is 50. The molecular formula is C77H158N+. The van der Waals surface area contributed by atoms with Crippen LogP contribution in [0.2, 0.25) is 0 Å². The van der Waals surface area contributed by atoms with E-state index in [-0.39, 0.29) is 0 Å². The lowest BCUT2D eigenvalue weighted by molar-refractivity contribution is -0.937. The Morgan fingerprint density at radius 3 is 0.474 bits per heavy atom. The second-order valence-corrected chi connectivity index (χ2v) is 28.3. The van der Waals surface area contributed by atoms with Crippen LogP contribution >= 0.6 is 0 Å². The number of rotatable bonds is 67. The third kappa shape index (κ3) is 38.7. The molecule has 0 fully saturated rings. The molecule has 0 aromatic carbocycles. The SMILES string of the molecule is CCCCCCCCCCCC(CCCCCCCCCC)(CCCCCCCCCC)C(CCCCCCCCCC)(CCCCCCCCCC)C(CCCCCCCCCC)(CCCCCCCCCC)[N+](C)(C)C. The van der Waals surface area contributed by atoms with Crippen molar-refractivity contribution in [2.75, 3.05) is 21.1 Å². The van der Waals surface area contributed by atoms with Gasteiger partial charge >= 0.3 is 0 Å². The van der Waals surface area contributed by atoms with Gasteiger partial charge in [-0.05, 0) is 50.4 Å². The predicted molar refractivity (Wildman–Crippen MR) is 361 cm³/mol. The standard InChI is InChI=1S/C77H158N/c1-11-18-25-32-39-46-49-56-63-70-75(68-61-54-47-40-33-26-19-12-2,69-62-55-48-41-34-27-20-13-3)76(71-64-57-50-42-35-28-21-14-4,72-65-58-51-43-36-29-22-15-5)77(78(8,9)10,73-66-59-52-44-37-30-23-16-6)74-67-60-53-45-38-31-24-17-7/h11-74H2,1-10H3/q+1. The van der Waals surface area contributed by atoms with Gasteiger partial charge in [0, 0.05) is 18.3 Å². The van der Waals surface area contributed by atoms with E-state index in [0.717, 1.165) is 0 Å². The van der Waals surface area contributed by atoms with Crippen molar-refractivity contribution in [3.05, 3.63) is 0 Å². The van der Waals surface area contributed by atoms with Crippen LogP contribution in [0.1, 0.15) is 459 Å². The third-order valence-electron chi connectivity index (χ3n) is 20.8. The van der Waals surface area contributed by atoms with Gasteiger partial charge in [-0.3, -0.25) is 0 Å². The van der Waals surface area contributed by atoms with E-state index >= 15 is 0 Å². The summed E-state index contributed by atoms with van der Waals surface area (Å²) in [6, 6.07) is 0. The zero-order valence-corrected chi connectivity index (χ0v) is 57.2. The van der Waals surface area contributed by atoms with Gasteiger partial charge in [0.05, 0.1) is 21.1 Å². The Hall–Kier alpha value is -0.0400. The lowest BCUT2D eigenvalue weighted by Crippen LogP contribution is -2.70. The molecule has 0 amide bonds. The van der Waals surface area contributed by atoms with Crippen molar-refractivity contribution in [1.82, 2.24) is 0 Å². The minimum Gasteiger partial charge on any atom is -0.326 e. The maximum Gasteiger partial charge on any atom is 0.105 e. The molecule has 0 saturated carbocycles. The van der Waals surface area contributed by atoms with Gasteiger partial charge in [-0.25, -0.2) is 0 Å². The summed E-state index contributed by atoms with van der Waals surface area (Å²) >= 11 is 0. The summed E-state index contributed by atoms with van der Waals surface area (Å²) in [7, 11) is 8.42. The smallest absolute Gasteiger partial charge is 0.105 e. The first-order chi connectivity index (χ1) is 38.2. The zero-order chi connectivity index (χ0) is 57.3. The first-order valence-electron chi connectivity index (χ1n) is 38.0. The molecule has 0 aliphatic heterocycles. The van der Waals surface area contributed by atoms with Crippen molar-refractivity contribution >= 4 is 0 Å². The van der Waals surface area contributed by atoms with Gasteiger partial charge in [-0.2, -0.15) is 0 Å². The minimum atomic E-state index is 0.319. The molecule has 470 valence electrons. The van der Waals surface area contributed by atoms with Gasteiger partial charge in [0.1, 0.15) is 5.54 Å². The largest absolute Gasteiger partial charge is 0.326 e. The van der Waals surface area contributed by atoms with E-state index in [1.807, 2.05) is 0 Å². The lowest BCUT2D eigenvalue weighted by Gasteiger charge is -2.66. The van der Waals surface area contributed by atoms with Crippen LogP contribution in [-0.4, -0.2) is 31.2 Å². The van der Waals surface area contributed by atoms with Crippen LogP contribution in [0.15, 0.2) is 0 Å². The highest BCUT2D eigenvalue weighted by molar-refractivity contribution is 5.10. The fraction of sp³-hybridized carbons (Fsp3) is 1.00. The highest BCUT2D eigenvalue weighted by Crippen LogP contribution is 2.66. The molecule has 0 rings (SSSR count). The minimum absolute atomic E-state index is 0.319. The average Bonchev–Trinajstić information content (AvgIpc) is 3.56. The fourth-order valence-electron chi connectivity index (χ4n) is 15.8. The summed E-state index contributed by atoms with van der Waals surface area (Å²) in [5, 5.41) is 0. The molecule has 1 heteroatoms. The highest BCUT2D eigenvalue weighted by Gasteiger charge is 2.65. The van der Waals surface area contributed by atoms with Gasteiger partial charge in [-0.1, -0.05) is 402 Å². The first kappa shape index (κ1) is 78.0. The molecule has 78 heavy (non-hydrogen) atoms. The summed E-state index contributed by atoms with van der Waals surface area (Å²) in [6.07, 6.45) is 93.7. The van der Waals surface area contributed by atoms with Crippen LogP contribution in [0.4, 0.5) is 0 Å². The molecule has 1 nitrogen and oxygen atoms in total. The van der Waals surface area contributed by atoms with Gasteiger partial charge in [-0.15, -0.1) is 0 Å². The fourth-order valence-corrected chi connectivity index (χ4v) is 15.8. The number of hydrogen-bond donors (Lipinski definition) is 0. The Kier molecular flexibility index (Phi) is 57.4. The van der Waals surface area contributed by atoms with E-state index in [1.165, 1.54) is 396 Å². The molecule has 0 aromatic heterocycles. The van der Waals surface area contributed by atoms with E-state index in [0.29, 0.717) is 16.4 Å². The molecule has 0 aliphatic rings. The normalized spacial score (nSPS) is 12.7. The maximum absolute atomic E-state index is 2.81. The lowest BCUT2D eigenvalue weighted by atomic mass is 9.44. The van der Waals surface area contributed by atoms with E-state index in [1.54, 1.807) is 19.3 Å². The van der Waals surface area contributed by atoms with Crippen LogP contribution in [0, 0.1) is 10.8 Å². The third-order valence-corrected chi connectivity index (χ3v) is 20.8. The van der Waals surface area contributed by atoms with Crippen molar-refractivity contribution in [3.63, 3.8) is 0 Å². The summed E-state index contributed by atoms with van der Waals surface area (Å²) in [5.41, 5.74) is 1.14. The monoisotopic (exact) mass is 1100 g/mol. The van der Waals surface area contributed by atoms with Gasteiger partial charge in [0.2, 0.25) is 0 Å². The zero-order valence-electron chi connectivity index (χ0n) is 57.2. The van der Waals surface area contributed by atoms with Crippen LogP contribution in [0.3, 0.4) is 0 Å². The van der Waals surface area contributed by atoms with E-state index in [4.69, 9.17) is 0 Å². The van der Waals surface area contributed by atoms with Gasteiger partial charge in [0.15, 0.2) is 0 Å². The maximum atomic E-state index is 2.81. The molecule has 0 aromatic rings. The molecule has 0 radical (unpaired) electrons. The average molecular weight is 1100 g/mol. The highest BCUT2D eigenvalue weighted by atomic mass is 15.4. The van der Waals surface area contributed by atoms with Crippen LogP contribution in [-0.2, 0) is 0 Å². The topological polar surface area (TPSA) is 0 Å². The van der Waals surface area contributed by atoms with Crippen molar-refractivity contribution in [2.45, 2.75) is 465 Å². The summed E-state index contributed by atoms with van der Waals surface area (Å²) in [5.74, 6) is 0. The molecular weight excluding hydrogens is 939 g/mol.